The molecule has 0 aliphatic heterocycles. The summed E-state index contributed by atoms with van der Waals surface area (Å²) in [7, 11) is -0.0261. The molecule has 0 radical (unpaired) electrons. The molecule has 0 fully saturated rings. The number of rotatable bonds is 6. The van der Waals surface area contributed by atoms with Crippen LogP contribution in [0, 0.1) is 13.8 Å². The standard InChI is InChI=1S/C16H20N4O3S/c1-5-24(22)16-19-14(12(13(17)21)15(20-16)23-4)18-11-7-9(2)6-10(3)8-11/h6-8H,5H2,1-4H3,(H2,17,21)(H,18,19,20). The van der Waals surface area contributed by atoms with Gasteiger partial charge < -0.3 is 15.8 Å². The molecule has 1 atom stereocenters. The van der Waals surface area contributed by atoms with Crippen molar-refractivity contribution < 1.29 is 13.7 Å². The number of hydrogen-bond donors (Lipinski definition) is 2. The van der Waals surface area contributed by atoms with Crippen LogP contribution in [0.4, 0.5) is 11.5 Å². The summed E-state index contributed by atoms with van der Waals surface area (Å²) in [5.74, 6) is -0.202. The van der Waals surface area contributed by atoms with Crippen LogP contribution in [0.1, 0.15) is 28.4 Å². The number of carbonyl (C=O) groups is 1. The molecule has 1 aromatic heterocycles. The van der Waals surface area contributed by atoms with Gasteiger partial charge in [-0.25, -0.2) is 4.98 Å². The number of aromatic nitrogens is 2. The van der Waals surface area contributed by atoms with Gasteiger partial charge in [0, 0.05) is 11.4 Å². The molecule has 3 N–H and O–H groups in total. The van der Waals surface area contributed by atoms with E-state index < -0.39 is 16.7 Å². The fourth-order valence-corrected chi connectivity index (χ4v) is 2.93. The van der Waals surface area contributed by atoms with Crippen molar-refractivity contribution in [1.29, 1.82) is 0 Å². The summed E-state index contributed by atoms with van der Waals surface area (Å²) in [5, 5.41) is 3.15. The van der Waals surface area contributed by atoms with Crippen molar-refractivity contribution in [3.05, 3.63) is 34.9 Å². The summed E-state index contributed by atoms with van der Waals surface area (Å²) < 4.78 is 17.2. The predicted octanol–water partition coefficient (Wildman–Crippen LogP) is 2.07. The maximum Gasteiger partial charge on any atom is 0.258 e. The van der Waals surface area contributed by atoms with Crippen LogP contribution < -0.4 is 15.8 Å². The Bertz CT molecular complexity index is 788. The Hall–Kier alpha value is -2.48. The molecule has 0 saturated heterocycles. The summed E-state index contributed by atoms with van der Waals surface area (Å²) in [6.45, 7) is 5.68. The summed E-state index contributed by atoms with van der Waals surface area (Å²) in [6.07, 6.45) is 0. The van der Waals surface area contributed by atoms with Gasteiger partial charge in [0.2, 0.25) is 11.0 Å². The number of benzene rings is 1. The zero-order valence-corrected chi connectivity index (χ0v) is 14.9. The van der Waals surface area contributed by atoms with E-state index in [2.05, 4.69) is 15.3 Å². The van der Waals surface area contributed by atoms with Gasteiger partial charge in [-0.3, -0.25) is 9.00 Å². The third kappa shape index (κ3) is 3.88. The number of nitrogens with one attached hydrogen (secondary N) is 1. The van der Waals surface area contributed by atoms with E-state index in [9.17, 15) is 9.00 Å². The Labute approximate surface area is 143 Å². The summed E-state index contributed by atoms with van der Waals surface area (Å²) in [4.78, 5) is 20.1. The van der Waals surface area contributed by atoms with Crippen molar-refractivity contribution >= 4 is 28.2 Å². The van der Waals surface area contributed by atoms with E-state index in [0.29, 0.717) is 5.75 Å². The molecule has 8 heteroatoms. The van der Waals surface area contributed by atoms with Crippen LogP contribution in [0.2, 0.25) is 0 Å². The second kappa shape index (κ2) is 7.39. The quantitative estimate of drug-likeness (QED) is 0.774. The lowest BCUT2D eigenvalue weighted by Gasteiger charge is -2.14. The van der Waals surface area contributed by atoms with Crippen LogP contribution >= 0.6 is 0 Å². The number of methoxy groups -OCH3 is 1. The number of aryl methyl sites for hydroxylation is 2. The predicted molar refractivity (Wildman–Crippen MR) is 93.3 cm³/mol. The van der Waals surface area contributed by atoms with Gasteiger partial charge in [-0.15, -0.1) is 0 Å². The molecule has 0 aliphatic rings. The Morgan fingerprint density at radius 2 is 1.88 bits per heavy atom. The topological polar surface area (TPSA) is 107 Å². The third-order valence-corrected chi connectivity index (χ3v) is 4.36. The van der Waals surface area contributed by atoms with Gasteiger partial charge in [0.25, 0.3) is 5.91 Å². The lowest BCUT2D eigenvalue weighted by atomic mass is 10.1. The number of ether oxygens (including phenoxy) is 1. The Balaban J connectivity index is 2.60. The smallest absolute Gasteiger partial charge is 0.258 e. The molecule has 0 saturated carbocycles. The van der Waals surface area contributed by atoms with Crippen molar-refractivity contribution in [2.45, 2.75) is 25.9 Å². The highest BCUT2D eigenvalue weighted by molar-refractivity contribution is 7.84. The highest BCUT2D eigenvalue weighted by Gasteiger charge is 2.22. The number of nitrogens with zero attached hydrogens (tertiary/aromatic N) is 2. The van der Waals surface area contributed by atoms with Gasteiger partial charge >= 0.3 is 0 Å². The molecule has 128 valence electrons. The van der Waals surface area contributed by atoms with E-state index >= 15 is 0 Å². The average molecular weight is 348 g/mol. The van der Waals surface area contributed by atoms with Crippen molar-refractivity contribution in [2.75, 3.05) is 18.2 Å². The lowest BCUT2D eigenvalue weighted by molar-refractivity contribution is 0.0997. The van der Waals surface area contributed by atoms with E-state index in [4.69, 9.17) is 10.5 Å². The third-order valence-electron chi connectivity index (χ3n) is 3.25. The molecular formula is C16H20N4O3S. The van der Waals surface area contributed by atoms with Crippen molar-refractivity contribution in [2.24, 2.45) is 5.73 Å². The Kier molecular flexibility index (Phi) is 5.50. The van der Waals surface area contributed by atoms with Gasteiger partial charge in [0.15, 0.2) is 5.82 Å². The lowest BCUT2D eigenvalue weighted by Crippen LogP contribution is -2.18. The largest absolute Gasteiger partial charge is 0.480 e. The van der Waals surface area contributed by atoms with Crippen LogP contribution in [-0.2, 0) is 10.8 Å². The minimum Gasteiger partial charge on any atom is -0.480 e. The van der Waals surface area contributed by atoms with Crippen LogP contribution in [-0.4, -0.2) is 32.9 Å². The molecule has 2 rings (SSSR count). The van der Waals surface area contributed by atoms with Gasteiger partial charge in [-0.2, -0.15) is 4.98 Å². The summed E-state index contributed by atoms with van der Waals surface area (Å²) in [5.41, 5.74) is 8.31. The zero-order chi connectivity index (χ0) is 17.9. The SMILES string of the molecule is CCS(=O)c1nc(Nc2cc(C)cc(C)c2)c(C(N)=O)c(OC)n1. The van der Waals surface area contributed by atoms with Gasteiger partial charge in [0.1, 0.15) is 5.56 Å². The number of amides is 1. The van der Waals surface area contributed by atoms with Gasteiger partial charge in [-0.1, -0.05) is 13.0 Å². The molecule has 7 nitrogen and oxygen atoms in total. The van der Waals surface area contributed by atoms with E-state index in [1.54, 1.807) is 6.92 Å². The first-order chi connectivity index (χ1) is 11.3. The Morgan fingerprint density at radius 1 is 1.25 bits per heavy atom. The first kappa shape index (κ1) is 17.9. The molecule has 0 bridgehead atoms. The minimum absolute atomic E-state index is 0.00109. The fourth-order valence-electron chi connectivity index (χ4n) is 2.30. The number of hydrogen-bond acceptors (Lipinski definition) is 6. The van der Waals surface area contributed by atoms with E-state index in [1.807, 2.05) is 32.0 Å². The monoisotopic (exact) mass is 348 g/mol. The van der Waals surface area contributed by atoms with Crippen molar-refractivity contribution in [3.63, 3.8) is 0 Å². The van der Waals surface area contributed by atoms with E-state index in [1.165, 1.54) is 7.11 Å². The highest BCUT2D eigenvalue weighted by atomic mass is 32.2. The molecule has 24 heavy (non-hydrogen) atoms. The van der Waals surface area contributed by atoms with E-state index in [0.717, 1.165) is 16.8 Å². The van der Waals surface area contributed by atoms with Gasteiger partial charge in [-0.05, 0) is 37.1 Å². The molecule has 1 aromatic carbocycles. The molecular weight excluding hydrogens is 328 g/mol. The molecule has 2 aromatic rings. The molecule has 1 unspecified atom stereocenters. The normalized spacial score (nSPS) is 11.8. The van der Waals surface area contributed by atoms with Crippen LogP contribution in [0.5, 0.6) is 5.88 Å². The van der Waals surface area contributed by atoms with Crippen LogP contribution in [0.3, 0.4) is 0 Å². The number of anilines is 2. The first-order valence-electron chi connectivity index (χ1n) is 7.35. The number of primary amides is 1. The second-order valence-corrected chi connectivity index (χ2v) is 6.87. The first-order valence-corrected chi connectivity index (χ1v) is 8.67. The summed E-state index contributed by atoms with van der Waals surface area (Å²) >= 11 is 0. The maximum absolute atomic E-state index is 12.1. The maximum atomic E-state index is 12.1. The van der Waals surface area contributed by atoms with Crippen LogP contribution in [0.15, 0.2) is 23.4 Å². The van der Waals surface area contributed by atoms with E-state index in [-0.39, 0.29) is 22.4 Å². The summed E-state index contributed by atoms with van der Waals surface area (Å²) in [6, 6.07) is 5.84. The molecule has 0 aliphatic carbocycles. The van der Waals surface area contributed by atoms with Crippen LogP contribution in [0.25, 0.3) is 0 Å². The number of nitrogens with two attached hydrogens (primary N) is 1. The molecule has 0 spiro atoms. The number of carbonyl (C=O) groups excluding carboxylic acids is 1. The highest BCUT2D eigenvalue weighted by Crippen LogP contribution is 2.27. The minimum atomic E-state index is -1.40. The fraction of sp³-hybridized carbons (Fsp3) is 0.312. The molecule has 1 heterocycles. The van der Waals surface area contributed by atoms with Crippen molar-refractivity contribution in [3.8, 4) is 5.88 Å². The second-order valence-electron chi connectivity index (χ2n) is 5.24. The van der Waals surface area contributed by atoms with Gasteiger partial charge in [0.05, 0.1) is 17.9 Å². The average Bonchev–Trinajstić information content (AvgIpc) is 2.51. The Morgan fingerprint density at radius 3 is 2.38 bits per heavy atom. The van der Waals surface area contributed by atoms with Crippen molar-refractivity contribution in [1.82, 2.24) is 9.97 Å². The molecule has 1 amide bonds. The zero-order valence-electron chi connectivity index (χ0n) is 14.0.